The lowest BCUT2D eigenvalue weighted by Crippen LogP contribution is -2.58. The Morgan fingerprint density at radius 3 is 2.47 bits per heavy atom. The summed E-state index contributed by atoms with van der Waals surface area (Å²) in [4.78, 5) is 71.7. The van der Waals surface area contributed by atoms with Gasteiger partial charge in [-0.1, -0.05) is 49.3 Å². The Kier molecular flexibility index (Phi) is 10.4. The first-order chi connectivity index (χ1) is 24.1. The number of carbonyl (C=O) groups excluding carboxylic acids is 5. The van der Waals surface area contributed by atoms with Crippen LogP contribution in [0.3, 0.4) is 0 Å². The van der Waals surface area contributed by atoms with E-state index in [-0.39, 0.29) is 25.4 Å². The van der Waals surface area contributed by atoms with Crippen LogP contribution in [0, 0.1) is 5.92 Å². The second-order valence-corrected chi connectivity index (χ2v) is 17.5. The first kappa shape index (κ1) is 36.6. The number of hydrogen-bond donors (Lipinski definition) is 4. The zero-order valence-electron chi connectivity index (χ0n) is 29.6. The Balaban J connectivity index is 1.25. The molecule has 2 aliphatic carbocycles. The lowest BCUT2D eigenvalue weighted by Gasteiger charge is -2.31. The second-order valence-electron chi connectivity index (χ2n) is 15.5. The molecule has 51 heavy (non-hydrogen) atoms. The van der Waals surface area contributed by atoms with Gasteiger partial charge in [-0.2, -0.15) is 0 Å². The van der Waals surface area contributed by atoms with Crippen LogP contribution in [0.2, 0.25) is 0 Å². The summed E-state index contributed by atoms with van der Waals surface area (Å²) in [5.41, 5.74) is -0.0529. The highest BCUT2D eigenvalue weighted by Gasteiger charge is 2.62. The summed E-state index contributed by atoms with van der Waals surface area (Å²) >= 11 is 0. The van der Waals surface area contributed by atoms with E-state index in [1.165, 1.54) is 10.5 Å². The van der Waals surface area contributed by atoms with Crippen LogP contribution in [0.15, 0.2) is 36.4 Å². The van der Waals surface area contributed by atoms with E-state index < -0.39 is 74.3 Å². The van der Waals surface area contributed by atoms with E-state index in [2.05, 4.69) is 20.7 Å². The summed E-state index contributed by atoms with van der Waals surface area (Å²) in [6.45, 7) is 6.11. The van der Waals surface area contributed by atoms with Gasteiger partial charge in [0.05, 0.1) is 11.3 Å². The predicted octanol–water partition coefficient (Wildman–Crippen LogP) is 2.62. The zero-order chi connectivity index (χ0) is 36.6. The minimum absolute atomic E-state index is 0.00181. The van der Waals surface area contributed by atoms with Crippen molar-refractivity contribution in [2.45, 2.75) is 126 Å². The molecule has 2 saturated carbocycles. The van der Waals surface area contributed by atoms with E-state index in [0.717, 1.165) is 18.4 Å². The number of carbonyl (C=O) groups is 5. The van der Waals surface area contributed by atoms with Crippen molar-refractivity contribution in [1.29, 1.82) is 0 Å². The standard InChI is InChI=1S/C36H50N6O8S/c1-35(2,3)50-34(47)38-28-14-8-6-4-5-7-13-25-20-36(25,32(45)40-51(48,49)27-15-16-27)39-30(43)29-19-26(22-42(29)31(28)44)37-33(46)41-18-17-23-11-9-10-12-24(23)21-41/h7,9-13,25-29H,4-6,8,14-22H2,1-3H3,(H,37,46)(H,38,47)(H,39,43)(H,40,45)/b13-7-/t25-,26-,28+,29+,36-/m1/s1. The van der Waals surface area contributed by atoms with Gasteiger partial charge >= 0.3 is 12.1 Å². The average molecular weight is 727 g/mol. The zero-order valence-corrected chi connectivity index (χ0v) is 30.4. The average Bonchev–Trinajstić information content (AvgIpc) is 3.99. The Morgan fingerprint density at radius 1 is 1.00 bits per heavy atom. The monoisotopic (exact) mass is 726 g/mol. The molecule has 6 rings (SSSR count). The van der Waals surface area contributed by atoms with E-state index in [1.54, 1.807) is 25.7 Å². The third kappa shape index (κ3) is 8.67. The van der Waals surface area contributed by atoms with Gasteiger partial charge in [0.1, 0.15) is 23.2 Å². The molecule has 6 amide bonds. The molecule has 5 atom stereocenters. The largest absolute Gasteiger partial charge is 0.444 e. The van der Waals surface area contributed by atoms with Gasteiger partial charge in [0.15, 0.2) is 0 Å². The van der Waals surface area contributed by atoms with Crippen molar-refractivity contribution >= 4 is 39.9 Å². The molecule has 3 fully saturated rings. The molecule has 3 heterocycles. The molecule has 0 unspecified atom stereocenters. The third-order valence-corrected chi connectivity index (χ3v) is 12.1. The van der Waals surface area contributed by atoms with Gasteiger partial charge in [-0.15, -0.1) is 0 Å². The molecule has 15 heteroatoms. The van der Waals surface area contributed by atoms with Crippen molar-refractivity contribution in [3.63, 3.8) is 0 Å². The number of benzene rings is 1. The maximum atomic E-state index is 14.3. The molecule has 4 N–H and O–H groups in total. The fourth-order valence-electron chi connectivity index (χ4n) is 7.29. The van der Waals surface area contributed by atoms with Crippen molar-refractivity contribution < 1.29 is 37.1 Å². The van der Waals surface area contributed by atoms with Gasteiger partial charge in [-0.25, -0.2) is 18.0 Å². The molecule has 3 aliphatic heterocycles. The molecule has 5 aliphatic rings. The summed E-state index contributed by atoms with van der Waals surface area (Å²) in [6, 6.07) is 4.92. The summed E-state index contributed by atoms with van der Waals surface area (Å²) < 4.78 is 33.2. The Hall–Kier alpha value is -4.14. The Morgan fingerprint density at radius 2 is 1.75 bits per heavy atom. The minimum atomic E-state index is -3.88. The van der Waals surface area contributed by atoms with Crippen LogP contribution in [0.25, 0.3) is 0 Å². The lowest BCUT2D eigenvalue weighted by atomic mass is 10.0. The molecule has 0 spiro atoms. The van der Waals surface area contributed by atoms with Crippen LogP contribution in [-0.4, -0.2) is 95.7 Å². The maximum absolute atomic E-state index is 14.3. The summed E-state index contributed by atoms with van der Waals surface area (Å²) in [6.07, 6.45) is 8.14. The number of urea groups is 1. The fourth-order valence-corrected chi connectivity index (χ4v) is 8.65. The van der Waals surface area contributed by atoms with Crippen molar-refractivity contribution in [3.05, 3.63) is 47.5 Å². The number of nitrogens with zero attached hydrogens (tertiary/aromatic N) is 2. The summed E-state index contributed by atoms with van der Waals surface area (Å²) in [7, 11) is -3.88. The van der Waals surface area contributed by atoms with Crippen LogP contribution in [-0.2, 0) is 42.1 Å². The fraction of sp³-hybridized carbons (Fsp3) is 0.639. The molecule has 0 radical (unpaired) electrons. The van der Waals surface area contributed by atoms with Crippen molar-refractivity contribution in [1.82, 2.24) is 30.5 Å². The molecular formula is C36H50N6O8S. The number of sulfonamides is 1. The number of ether oxygens (including phenoxy) is 1. The van der Waals surface area contributed by atoms with Crippen molar-refractivity contribution in [2.75, 3.05) is 13.1 Å². The van der Waals surface area contributed by atoms with Crippen LogP contribution < -0.4 is 20.7 Å². The van der Waals surface area contributed by atoms with Gasteiger partial charge in [0.2, 0.25) is 21.8 Å². The van der Waals surface area contributed by atoms with E-state index in [0.29, 0.717) is 51.6 Å². The Bertz CT molecular complexity index is 1690. The number of allylic oxidation sites excluding steroid dienone is 1. The van der Waals surface area contributed by atoms with Crippen LogP contribution >= 0.6 is 0 Å². The maximum Gasteiger partial charge on any atom is 0.408 e. The predicted molar refractivity (Wildman–Crippen MR) is 187 cm³/mol. The smallest absolute Gasteiger partial charge is 0.408 e. The number of amides is 6. The molecule has 14 nitrogen and oxygen atoms in total. The van der Waals surface area contributed by atoms with Gasteiger partial charge in [-0.3, -0.25) is 19.1 Å². The molecule has 1 aromatic carbocycles. The van der Waals surface area contributed by atoms with E-state index in [9.17, 15) is 32.4 Å². The van der Waals surface area contributed by atoms with E-state index >= 15 is 0 Å². The number of nitrogens with one attached hydrogen (secondary N) is 4. The van der Waals surface area contributed by atoms with Gasteiger partial charge < -0.3 is 30.5 Å². The minimum Gasteiger partial charge on any atom is -0.444 e. The molecule has 278 valence electrons. The first-order valence-corrected chi connectivity index (χ1v) is 19.7. The Labute approximate surface area is 299 Å². The normalized spacial score (nSPS) is 29.2. The van der Waals surface area contributed by atoms with E-state index in [1.807, 2.05) is 36.4 Å². The number of hydrogen-bond acceptors (Lipinski definition) is 8. The highest BCUT2D eigenvalue weighted by atomic mass is 32.2. The summed E-state index contributed by atoms with van der Waals surface area (Å²) in [5.74, 6) is -2.35. The molecule has 0 bridgehead atoms. The quantitative estimate of drug-likeness (QED) is 0.334. The van der Waals surface area contributed by atoms with Crippen molar-refractivity contribution in [2.24, 2.45) is 5.92 Å². The summed E-state index contributed by atoms with van der Waals surface area (Å²) in [5, 5.41) is 7.97. The topological polar surface area (TPSA) is 183 Å². The number of alkyl carbamates (subject to hydrolysis) is 1. The number of fused-ring (bicyclic) bond motifs is 3. The molecule has 1 aromatic rings. The van der Waals surface area contributed by atoms with Crippen LogP contribution in [0.1, 0.15) is 89.7 Å². The molecule has 1 saturated heterocycles. The van der Waals surface area contributed by atoms with Crippen molar-refractivity contribution in [3.8, 4) is 0 Å². The van der Waals surface area contributed by atoms with Gasteiger partial charge in [-0.05, 0) is 83.3 Å². The first-order valence-electron chi connectivity index (χ1n) is 18.1. The van der Waals surface area contributed by atoms with Gasteiger partial charge in [0, 0.05) is 25.6 Å². The highest BCUT2D eigenvalue weighted by Crippen LogP contribution is 2.46. The third-order valence-electron chi connectivity index (χ3n) is 10.3. The van der Waals surface area contributed by atoms with E-state index in [4.69, 9.17) is 4.74 Å². The SMILES string of the molecule is CC(C)(C)OC(=O)N[C@H]1CCCCC/C=C\[C@@H]2C[C@@]2(C(=O)NS(=O)(=O)C2CC2)NC(=O)[C@@H]2C[C@@H](NC(=O)N3CCc4ccccc4C3)CN2C1=O. The molecular weight excluding hydrogens is 676 g/mol. The molecule has 0 aromatic heterocycles. The lowest BCUT2D eigenvalue weighted by molar-refractivity contribution is -0.141. The highest BCUT2D eigenvalue weighted by molar-refractivity contribution is 7.91. The second kappa shape index (κ2) is 14.5. The van der Waals surface area contributed by atoms with Gasteiger partial charge in [0.25, 0.3) is 5.91 Å². The van der Waals surface area contributed by atoms with Crippen LogP contribution in [0.5, 0.6) is 0 Å². The van der Waals surface area contributed by atoms with Crippen LogP contribution in [0.4, 0.5) is 9.59 Å². The number of rotatable bonds is 5.